The van der Waals surface area contributed by atoms with Gasteiger partial charge in [0, 0.05) is 37.3 Å². The van der Waals surface area contributed by atoms with E-state index in [4.69, 9.17) is 16.3 Å². The molecule has 0 radical (unpaired) electrons. The minimum atomic E-state index is -0.541. The van der Waals surface area contributed by atoms with Crippen LogP contribution in [0.3, 0.4) is 0 Å². The number of amides is 2. The van der Waals surface area contributed by atoms with Crippen molar-refractivity contribution in [2.75, 3.05) is 43.5 Å². The van der Waals surface area contributed by atoms with E-state index in [1.807, 2.05) is 4.90 Å². The Morgan fingerprint density at radius 2 is 1.83 bits per heavy atom. The van der Waals surface area contributed by atoms with E-state index in [0.717, 1.165) is 0 Å². The van der Waals surface area contributed by atoms with Crippen LogP contribution in [-0.2, 0) is 4.74 Å². The van der Waals surface area contributed by atoms with Gasteiger partial charge in [-0.05, 0) is 24.3 Å². The number of anilines is 2. The summed E-state index contributed by atoms with van der Waals surface area (Å²) in [6, 6.07) is 10.8. The van der Waals surface area contributed by atoms with Crippen LogP contribution in [0.15, 0.2) is 42.5 Å². The van der Waals surface area contributed by atoms with Gasteiger partial charge in [-0.2, -0.15) is 0 Å². The third kappa shape index (κ3) is 4.57. The molecule has 2 aromatic carbocycles. The molecule has 10 heteroatoms. The lowest BCUT2D eigenvalue weighted by molar-refractivity contribution is -0.384. The Labute approximate surface area is 171 Å². The maximum Gasteiger partial charge on any atom is 0.339 e. The molecule has 0 unspecified atom stereocenters. The Hall–Kier alpha value is -3.33. The minimum absolute atomic E-state index is 0.0672. The molecule has 0 aliphatic carbocycles. The summed E-state index contributed by atoms with van der Waals surface area (Å²) in [7, 11) is 1.27. The van der Waals surface area contributed by atoms with Gasteiger partial charge >= 0.3 is 12.0 Å². The highest BCUT2D eigenvalue weighted by atomic mass is 35.5. The van der Waals surface area contributed by atoms with Gasteiger partial charge in [0.25, 0.3) is 5.69 Å². The summed E-state index contributed by atoms with van der Waals surface area (Å²) >= 11 is 5.87. The molecule has 29 heavy (non-hydrogen) atoms. The first kappa shape index (κ1) is 20.4. The molecule has 0 bridgehead atoms. The average Bonchev–Trinajstić information content (AvgIpc) is 2.73. The number of nitrogens with one attached hydrogen (secondary N) is 1. The van der Waals surface area contributed by atoms with E-state index < -0.39 is 10.9 Å². The molecule has 9 nitrogen and oxygen atoms in total. The summed E-state index contributed by atoms with van der Waals surface area (Å²) in [6.07, 6.45) is 0. The van der Waals surface area contributed by atoms with Crippen LogP contribution in [-0.4, -0.2) is 55.1 Å². The van der Waals surface area contributed by atoms with Gasteiger partial charge in [-0.25, -0.2) is 9.59 Å². The molecule has 1 saturated heterocycles. The van der Waals surface area contributed by atoms with E-state index in [0.29, 0.717) is 42.6 Å². The second kappa shape index (κ2) is 8.78. The predicted octanol–water partition coefficient (Wildman–Crippen LogP) is 3.39. The van der Waals surface area contributed by atoms with E-state index in [2.05, 4.69) is 5.32 Å². The van der Waals surface area contributed by atoms with Crippen molar-refractivity contribution < 1.29 is 19.2 Å². The lowest BCUT2D eigenvalue weighted by atomic mass is 10.2. The molecule has 1 aliphatic heterocycles. The highest BCUT2D eigenvalue weighted by Crippen LogP contribution is 2.31. The van der Waals surface area contributed by atoms with Crippen LogP contribution < -0.4 is 10.2 Å². The molecule has 1 aliphatic rings. The number of ether oxygens (including phenoxy) is 1. The Kier molecular flexibility index (Phi) is 6.18. The van der Waals surface area contributed by atoms with Gasteiger partial charge in [0.15, 0.2) is 0 Å². The number of carbonyl (C=O) groups excluding carboxylic acids is 2. The zero-order chi connectivity index (χ0) is 21.0. The van der Waals surface area contributed by atoms with E-state index in [9.17, 15) is 19.7 Å². The van der Waals surface area contributed by atoms with Crippen LogP contribution in [0, 0.1) is 10.1 Å². The van der Waals surface area contributed by atoms with Gasteiger partial charge in [-0.1, -0.05) is 23.7 Å². The lowest BCUT2D eigenvalue weighted by Gasteiger charge is -2.35. The molecule has 2 amide bonds. The number of halogens is 1. The van der Waals surface area contributed by atoms with Crippen LogP contribution in [0.5, 0.6) is 0 Å². The Balaban J connectivity index is 1.67. The molecule has 152 valence electrons. The third-order valence-corrected chi connectivity index (χ3v) is 4.85. The van der Waals surface area contributed by atoms with Crippen molar-refractivity contribution in [1.82, 2.24) is 4.90 Å². The molecule has 0 spiro atoms. The minimum Gasteiger partial charge on any atom is -0.465 e. The van der Waals surface area contributed by atoms with Crippen molar-refractivity contribution in [1.29, 1.82) is 0 Å². The number of hydrogen-bond acceptors (Lipinski definition) is 6. The summed E-state index contributed by atoms with van der Waals surface area (Å²) in [5.41, 5.74) is 1.02. The maximum absolute atomic E-state index is 12.6. The second-order valence-electron chi connectivity index (χ2n) is 6.33. The summed E-state index contributed by atoms with van der Waals surface area (Å²) in [6.45, 7) is 1.58. The van der Waals surface area contributed by atoms with E-state index in [-0.39, 0.29) is 17.3 Å². The summed E-state index contributed by atoms with van der Waals surface area (Å²) in [5.74, 6) is -0.541. The Morgan fingerprint density at radius 1 is 1.14 bits per heavy atom. The normalized spacial score (nSPS) is 13.7. The lowest BCUT2D eigenvalue weighted by Crippen LogP contribution is -2.50. The third-order valence-electron chi connectivity index (χ3n) is 4.62. The van der Waals surface area contributed by atoms with Gasteiger partial charge in [0.05, 0.1) is 23.3 Å². The first-order valence-electron chi connectivity index (χ1n) is 8.83. The molecule has 3 rings (SSSR count). The molecule has 1 N–H and O–H groups in total. The van der Waals surface area contributed by atoms with Gasteiger partial charge < -0.3 is 19.9 Å². The van der Waals surface area contributed by atoms with E-state index in [1.165, 1.54) is 13.2 Å². The van der Waals surface area contributed by atoms with Crippen LogP contribution in [0.2, 0.25) is 5.02 Å². The zero-order valence-electron chi connectivity index (χ0n) is 15.6. The number of hydrogen-bond donors (Lipinski definition) is 1. The molecule has 1 heterocycles. The van der Waals surface area contributed by atoms with Crippen molar-refractivity contribution in [2.45, 2.75) is 0 Å². The zero-order valence-corrected chi connectivity index (χ0v) is 16.4. The number of urea groups is 1. The van der Waals surface area contributed by atoms with Gasteiger partial charge in [0.2, 0.25) is 0 Å². The average molecular weight is 419 g/mol. The van der Waals surface area contributed by atoms with E-state index in [1.54, 1.807) is 41.3 Å². The fraction of sp³-hybridized carbons (Fsp3) is 0.263. The fourth-order valence-electron chi connectivity index (χ4n) is 3.14. The van der Waals surface area contributed by atoms with Crippen LogP contribution >= 0.6 is 11.6 Å². The van der Waals surface area contributed by atoms with Crippen LogP contribution in [0.4, 0.5) is 21.9 Å². The number of esters is 1. The molecule has 0 atom stereocenters. The Morgan fingerprint density at radius 3 is 2.48 bits per heavy atom. The number of nitro benzene ring substituents is 1. The summed E-state index contributed by atoms with van der Waals surface area (Å²) < 4.78 is 4.73. The topological polar surface area (TPSA) is 105 Å². The fourth-order valence-corrected chi connectivity index (χ4v) is 3.30. The molecule has 1 fully saturated rings. The van der Waals surface area contributed by atoms with Crippen molar-refractivity contribution in [3.05, 3.63) is 63.2 Å². The number of benzene rings is 2. The summed E-state index contributed by atoms with van der Waals surface area (Å²) in [4.78, 5) is 38.7. The van der Waals surface area contributed by atoms with Gasteiger partial charge in [-0.15, -0.1) is 0 Å². The van der Waals surface area contributed by atoms with Crippen LogP contribution in [0.25, 0.3) is 0 Å². The monoisotopic (exact) mass is 418 g/mol. The number of carbonyl (C=O) groups is 2. The molecule has 2 aromatic rings. The smallest absolute Gasteiger partial charge is 0.339 e. The number of nitrogens with zero attached hydrogens (tertiary/aromatic N) is 3. The number of rotatable bonds is 4. The maximum atomic E-state index is 12.6. The summed E-state index contributed by atoms with van der Waals surface area (Å²) in [5, 5.41) is 14.3. The molecule has 0 saturated carbocycles. The highest BCUT2D eigenvalue weighted by Gasteiger charge is 2.26. The van der Waals surface area contributed by atoms with E-state index >= 15 is 0 Å². The van der Waals surface area contributed by atoms with Crippen molar-refractivity contribution in [3.63, 3.8) is 0 Å². The highest BCUT2D eigenvalue weighted by molar-refractivity contribution is 6.30. The number of piperazine rings is 1. The number of nitro groups is 1. The molecule has 0 aromatic heterocycles. The second-order valence-corrected chi connectivity index (χ2v) is 6.77. The van der Waals surface area contributed by atoms with Crippen molar-refractivity contribution >= 4 is 40.7 Å². The first-order valence-corrected chi connectivity index (χ1v) is 9.20. The van der Waals surface area contributed by atoms with Crippen molar-refractivity contribution in [3.8, 4) is 0 Å². The largest absolute Gasteiger partial charge is 0.465 e. The van der Waals surface area contributed by atoms with Gasteiger partial charge in [-0.3, -0.25) is 10.1 Å². The standard InChI is InChI=1S/C19H19ClN4O5/c1-29-18(25)14-4-2-3-5-15(14)21-19(26)23-10-8-22(9-11-23)16-7-6-13(20)12-17(16)24(27)28/h2-7,12H,8-11H2,1H3,(H,21,26). The predicted molar refractivity (Wildman–Crippen MR) is 109 cm³/mol. The molecular formula is C19H19ClN4O5. The Bertz CT molecular complexity index is 944. The SMILES string of the molecule is COC(=O)c1ccccc1NC(=O)N1CCN(c2ccc(Cl)cc2[N+](=O)[O-])CC1. The van der Waals surface area contributed by atoms with Crippen LogP contribution in [0.1, 0.15) is 10.4 Å². The quantitative estimate of drug-likeness (QED) is 0.463. The van der Waals surface area contributed by atoms with Crippen molar-refractivity contribution in [2.24, 2.45) is 0 Å². The number of methoxy groups -OCH3 is 1. The van der Waals surface area contributed by atoms with Gasteiger partial charge in [0.1, 0.15) is 5.69 Å². The molecular weight excluding hydrogens is 400 g/mol. The first-order chi connectivity index (χ1) is 13.9. The number of para-hydroxylation sites is 1.